The van der Waals surface area contributed by atoms with Crippen molar-refractivity contribution in [3.05, 3.63) is 59.4 Å². The van der Waals surface area contributed by atoms with E-state index in [1.54, 1.807) is 0 Å². The first-order valence-electron chi connectivity index (χ1n) is 7.13. The first-order valence-corrected chi connectivity index (χ1v) is 7.13. The molecule has 3 rings (SSSR count). The van der Waals surface area contributed by atoms with E-state index in [4.69, 9.17) is 4.74 Å². The normalized spacial score (nSPS) is 18.4. The molecule has 0 spiro atoms. The molecule has 0 fully saturated rings. The molecule has 3 nitrogen and oxygen atoms in total. The number of hydrogen-bond donors (Lipinski definition) is 1. The second kappa shape index (κ2) is 5.63. The molecule has 1 N–H and O–H groups in total. The second-order valence-corrected chi connectivity index (χ2v) is 5.44. The van der Waals surface area contributed by atoms with Gasteiger partial charge in [0.2, 0.25) is 0 Å². The fourth-order valence-electron chi connectivity index (χ4n) is 2.61. The third-order valence-corrected chi connectivity index (χ3v) is 3.74. The number of nitrogens with zero attached hydrogens (tertiary/aromatic N) is 1. The molecule has 1 unspecified atom stereocenters. The predicted molar refractivity (Wildman–Crippen MR) is 80.0 cm³/mol. The summed E-state index contributed by atoms with van der Waals surface area (Å²) < 4.78 is 5.97. The van der Waals surface area contributed by atoms with Gasteiger partial charge < -0.3 is 10.1 Å². The van der Waals surface area contributed by atoms with Crippen molar-refractivity contribution in [1.29, 1.82) is 0 Å². The lowest BCUT2D eigenvalue weighted by Gasteiger charge is -2.16. The topological polar surface area (TPSA) is 34.2 Å². The summed E-state index contributed by atoms with van der Waals surface area (Å²) in [5, 5.41) is 3.50. The standard InChI is InChI=1S/C17H20N2O/c1-12-6-7-17-14(9-12)10-15(20-17)11-19-13(2)16-5-3-4-8-18-16/h3-9,13,15,19H,10-11H2,1-2H3/t13-,15?/m1/s1. The van der Waals surface area contributed by atoms with Gasteiger partial charge in [0.05, 0.1) is 5.69 Å². The molecule has 0 radical (unpaired) electrons. The van der Waals surface area contributed by atoms with E-state index >= 15 is 0 Å². The Labute approximate surface area is 120 Å². The van der Waals surface area contributed by atoms with Gasteiger partial charge in [0.1, 0.15) is 11.9 Å². The van der Waals surface area contributed by atoms with Gasteiger partial charge in [0.15, 0.2) is 0 Å². The Balaban J connectivity index is 1.56. The van der Waals surface area contributed by atoms with Crippen LogP contribution in [0.4, 0.5) is 0 Å². The highest BCUT2D eigenvalue weighted by atomic mass is 16.5. The fourth-order valence-corrected chi connectivity index (χ4v) is 2.61. The minimum Gasteiger partial charge on any atom is -0.488 e. The van der Waals surface area contributed by atoms with Crippen molar-refractivity contribution in [2.45, 2.75) is 32.4 Å². The van der Waals surface area contributed by atoms with Crippen molar-refractivity contribution in [3.8, 4) is 5.75 Å². The lowest BCUT2D eigenvalue weighted by Crippen LogP contribution is -2.32. The van der Waals surface area contributed by atoms with E-state index in [1.165, 1.54) is 11.1 Å². The van der Waals surface area contributed by atoms with Crippen LogP contribution in [0.15, 0.2) is 42.6 Å². The van der Waals surface area contributed by atoms with Crippen molar-refractivity contribution in [1.82, 2.24) is 10.3 Å². The van der Waals surface area contributed by atoms with Crippen LogP contribution in [-0.2, 0) is 6.42 Å². The van der Waals surface area contributed by atoms with Gasteiger partial charge in [-0.1, -0.05) is 23.8 Å². The molecule has 1 aromatic carbocycles. The van der Waals surface area contributed by atoms with Crippen LogP contribution in [0.1, 0.15) is 29.8 Å². The molecule has 3 heteroatoms. The van der Waals surface area contributed by atoms with Gasteiger partial charge in [-0.15, -0.1) is 0 Å². The summed E-state index contributed by atoms with van der Waals surface area (Å²) in [5.41, 5.74) is 3.68. The maximum Gasteiger partial charge on any atom is 0.123 e. The number of benzene rings is 1. The maximum atomic E-state index is 5.97. The number of nitrogens with one attached hydrogen (secondary N) is 1. The zero-order valence-corrected chi connectivity index (χ0v) is 12.0. The highest BCUT2D eigenvalue weighted by molar-refractivity contribution is 5.40. The lowest BCUT2D eigenvalue weighted by atomic mass is 10.1. The fraction of sp³-hybridized carbons (Fsp3) is 0.353. The number of pyridine rings is 1. The van der Waals surface area contributed by atoms with Gasteiger partial charge >= 0.3 is 0 Å². The Morgan fingerprint density at radius 3 is 3.05 bits per heavy atom. The van der Waals surface area contributed by atoms with Crippen molar-refractivity contribution in [2.75, 3.05) is 6.54 Å². The summed E-state index contributed by atoms with van der Waals surface area (Å²) in [6.07, 6.45) is 3.04. The lowest BCUT2D eigenvalue weighted by molar-refractivity contribution is 0.222. The summed E-state index contributed by atoms with van der Waals surface area (Å²) >= 11 is 0. The number of ether oxygens (including phenoxy) is 1. The third-order valence-electron chi connectivity index (χ3n) is 3.74. The Morgan fingerprint density at radius 2 is 2.25 bits per heavy atom. The van der Waals surface area contributed by atoms with Crippen LogP contribution in [0, 0.1) is 6.92 Å². The number of aromatic nitrogens is 1. The molecule has 1 aliphatic heterocycles. The van der Waals surface area contributed by atoms with Crippen LogP contribution in [0.5, 0.6) is 5.75 Å². The van der Waals surface area contributed by atoms with Crippen molar-refractivity contribution in [2.24, 2.45) is 0 Å². The summed E-state index contributed by atoms with van der Waals surface area (Å²) in [6, 6.07) is 12.6. The van der Waals surface area contributed by atoms with Crippen molar-refractivity contribution < 1.29 is 4.74 Å². The minimum atomic E-state index is 0.220. The molecule has 2 atom stereocenters. The van der Waals surface area contributed by atoms with E-state index in [2.05, 4.69) is 42.3 Å². The smallest absolute Gasteiger partial charge is 0.123 e. The Kier molecular flexibility index (Phi) is 3.70. The van der Waals surface area contributed by atoms with Crippen LogP contribution in [0.3, 0.4) is 0 Å². The molecule has 1 aromatic heterocycles. The molecular weight excluding hydrogens is 248 g/mol. The number of aryl methyl sites for hydroxylation is 1. The summed E-state index contributed by atoms with van der Waals surface area (Å²) in [7, 11) is 0. The van der Waals surface area contributed by atoms with Crippen LogP contribution in [0.2, 0.25) is 0 Å². The van der Waals surface area contributed by atoms with Crippen LogP contribution < -0.4 is 10.1 Å². The molecule has 2 aromatic rings. The van der Waals surface area contributed by atoms with Gasteiger partial charge in [-0.25, -0.2) is 0 Å². The van der Waals surface area contributed by atoms with Gasteiger partial charge in [-0.05, 0) is 37.6 Å². The highest BCUT2D eigenvalue weighted by Crippen LogP contribution is 2.29. The molecule has 2 heterocycles. The molecule has 0 bridgehead atoms. The Morgan fingerprint density at radius 1 is 1.35 bits per heavy atom. The minimum absolute atomic E-state index is 0.220. The molecular formula is C17H20N2O. The van der Waals surface area contributed by atoms with E-state index < -0.39 is 0 Å². The predicted octanol–water partition coefficient (Wildman–Crippen LogP) is 3.04. The molecule has 104 valence electrons. The average molecular weight is 268 g/mol. The Bertz CT molecular complexity index is 583. The van der Waals surface area contributed by atoms with Crippen molar-refractivity contribution >= 4 is 0 Å². The summed E-state index contributed by atoms with van der Waals surface area (Å²) in [6.45, 7) is 5.09. The molecule has 20 heavy (non-hydrogen) atoms. The molecule has 0 aliphatic carbocycles. The van der Waals surface area contributed by atoms with Gasteiger partial charge in [0.25, 0.3) is 0 Å². The maximum absolute atomic E-state index is 5.97. The SMILES string of the molecule is Cc1ccc2c(c1)CC(CN[C@H](C)c1ccccn1)O2. The van der Waals surface area contributed by atoms with Crippen molar-refractivity contribution in [3.63, 3.8) is 0 Å². The van der Waals surface area contributed by atoms with E-state index in [0.717, 1.165) is 24.4 Å². The average Bonchev–Trinajstić information content (AvgIpc) is 2.87. The quantitative estimate of drug-likeness (QED) is 0.925. The molecule has 0 amide bonds. The Hall–Kier alpha value is -1.87. The van der Waals surface area contributed by atoms with Crippen LogP contribution in [-0.4, -0.2) is 17.6 Å². The number of rotatable bonds is 4. The number of fused-ring (bicyclic) bond motifs is 1. The second-order valence-electron chi connectivity index (χ2n) is 5.44. The molecule has 0 saturated carbocycles. The first kappa shape index (κ1) is 13.1. The van der Waals surface area contributed by atoms with E-state index in [-0.39, 0.29) is 12.1 Å². The highest BCUT2D eigenvalue weighted by Gasteiger charge is 2.23. The molecule has 0 saturated heterocycles. The zero-order chi connectivity index (χ0) is 13.9. The molecule has 1 aliphatic rings. The van der Waals surface area contributed by atoms with Gasteiger partial charge in [-0.2, -0.15) is 0 Å². The van der Waals surface area contributed by atoms with E-state index in [9.17, 15) is 0 Å². The van der Waals surface area contributed by atoms with Crippen LogP contribution in [0.25, 0.3) is 0 Å². The monoisotopic (exact) mass is 268 g/mol. The van der Waals surface area contributed by atoms with Crippen LogP contribution >= 0.6 is 0 Å². The number of hydrogen-bond acceptors (Lipinski definition) is 3. The van der Waals surface area contributed by atoms with E-state index in [0.29, 0.717) is 0 Å². The summed E-state index contributed by atoms with van der Waals surface area (Å²) in [5.74, 6) is 1.04. The summed E-state index contributed by atoms with van der Waals surface area (Å²) in [4.78, 5) is 4.37. The largest absolute Gasteiger partial charge is 0.488 e. The zero-order valence-electron chi connectivity index (χ0n) is 12.0. The van der Waals surface area contributed by atoms with E-state index in [1.807, 2.05) is 24.4 Å². The van der Waals surface area contributed by atoms with Gasteiger partial charge in [0, 0.05) is 25.2 Å². The first-order chi connectivity index (χ1) is 9.72. The van der Waals surface area contributed by atoms with Gasteiger partial charge in [-0.3, -0.25) is 4.98 Å². The third kappa shape index (κ3) is 2.83.